The van der Waals surface area contributed by atoms with Crippen molar-refractivity contribution in [2.24, 2.45) is 0 Å². The predicted octanol–water partition coefficient (Wildman–Crippen LogP) is 1.33. The maximum atomic E-state index is 11.8. The highest BCUT2D eigenvalue weighted by molar-refractivity contribution is 6.04. The van der Waals surface area contributed by atoms with Gasteiger partial charge in [0.15, 0.2) is 11.4 Å². The van der Waals surface area contributed by atoms with Crippen LogP contribution in [0.4, 0.5) is 5.82 Å². The summed E-state index contributed by atoms with van der Waals surface area (Å²) in [5.74, 6) is 0.140. The Morgan fingerprint density at radius 3 is 3.00 bits per heavy atom. The zero-order chi connectivity index (χ0) is 13.4. The van der Waals surface area contributed by atoms with Crippen molar-refractivity contribution in [2.75, 3.05) is 11.4 Å². The van der Waals surface area contributed by atoms with Crippen LogP contribution in [0.3, 0.4) is 0 Å². The minimum Gasteiger partial charge on any atom is -0.503 e. The molecule has 0 radical (unpaired) electrons. The van der Waals surface area contributed by atoms with Gasteiger partial charge in [-0.25, -0.2) is 4.98 Å². The Bertz CT molecular complexity index is 720. The SMILES string of the molecule is N#Cc1nc(N2CCCC2=O)c2cccnc2c1O. The number of aromatic hydroxyl groups is 1. The van der Waals surface area contributed by atoms with Crippen molar-refractivity contribution in [3.8, 4) is 11.8 Å². The van der Waals surface area contributed by atoms with Crippen molar-refractivity contribution < 1.29 is 9.90 Å². The molecule has 0 spiro atoms. The van der Waals surface area contributed by atoms with Crippen LogP contribution in [0.5, 0.6) is 5.75 Å². The Balaban J connectivity index is 2.32. The molecule has 0 unspecified atom stereocenters. The molecular weight excluding hydrogens is 244 g/mol. The molecule has 1 saturated heterocycles. The maximum absolute atomic E-state index is 11.8. The first-order chi connectivity index (χ1) is 9.22. The van der Waals surface area contributed by atoms with Gasteiger partial charge < -0.3 is 5.11 Å². The molecule has 6 nitrogen and oxygen atoms in total. The fraction of sp³-hybridized carbons (Fsp3) is 0.231. The second kappa shape index (κ2) is 4.21. The first kappa shape index (κ1) is 11.4. The number of fused-ring (bicyclic) bond motifs is 1. The molecule has 6 heteroatoms. The molecule has 1 amide bonds. The lowest BCUT2D eigenvalue weighted by Gasteiger charge is -2.17. The highest BCUT2D eigenvalue weighted by Gasteiger charge is 2.26. The van der Waals surface area contributed by atoms with Crippen molar-refractivity contribution >= 4 is 22.6 Å². The standard InChI is InChI=1S/C13H10N4O2/c14-7-9-12(19)11-8(3-1-5-15-11)13(16-9)17-6-2-4-10(17)18/h1,3,5,19H,2,4,6H2. The second-order valence-corrected chi connectivity index (χ2v) is 4.29. The molecule has 1 fully saturated rings. The van der Waals surface area contributed by atoms with Crippen LogP contribution in [0.1, 0.15) is 18.5 Å². The molecule has 1 N–H and O–H groups in total. The van der Waals surface area contributed by atoms with Crippen molar-refractivity contribution in [1.82, 2.24) is 9.97 Å². The Hall–Kier alpha value is -2.68. The third kappa shape index (κ3) is 1.67. The van der Waals surface area contributed by atoms with E-state index in [1.165, 1.54) is 6.20 Å². The Labute approximate surface area is 108 Å². The van der Waals surface area contributed by atoms with E-state index in [1.54, 1.807) is 17.0 Å². The minimum atomic E-state index is -0.242. The fourth-order valence-corrected chi connectivity index (χ4v) is 2.26. The van der Waals surface area contributed by atoms with E-state index in [4.69, 9.17) is 5.26 Å². The van der Waals surface area contributed by atoms with Gasteiger partial charge in [0.25, 0.3) is 0 Å². The molecule has 2 aromatic rings. The maximum Gasteiger partial charge on any atom is 0.228 e. The summed E-state index contributed by atoms with van der Waals surface area (Å²) >= 11 is 0. The number of pyridine rings is 2. The van der Waals surface area contributed by atoms with Crippen molar-refractivity contribution in [3.05, 3.63) is 24.0 Å². The largest absolute Gasteiger partial charge is 0.503 e. The van der Waals surface area contributed by atoms with E-state index < -0.39 is 0 Å². The number of carbonyl (C=O) groups excluding carboxylic acids is 1. The molecule has 1 aliphatic heterocycles. The Morgan fingerprint density at radius 1 is 1.47 bits per heavy atom. The number of hydrogen-bond acceptors (Lipinski definition) is 5. The molecule has 0 atom stereocenters. The lowest BCUT2D eigenvalue weighted by Crippen LogP contribution is -2.25. The minimum absolute atomic E-state index is 0.0211. The van der Waals surface area contributed by atoms with Gasteiger partial charge in [-0.05, 0) is 18.6 Å². The number of anilines is 1. The quantitative estimate of drug-likeness (QED) is 0.829. The van der Waals surface area contributed by atoms with Gasteiger partial charge >= 0.3 is 0 Å². The van der Waals surface area contributed by atoms with Gasteiger partial charge in [-0.3, -0.25) is 14.7 Å². The topological polar surface area (TPSA) is 90.1 Å². The van der Waals surface area contributed by atoms with Crippen LogP contribution in [0.25, 0.3) is 10.9 Å². The molecule has 0 bridgehead atoms. The fourth-order valence-electron chi connectivity index (χ4n) is 2.26. The van der Waals surface area contributed by atoms with Crippen LogP contribution in [-0.4, -0.2) is 27.5 Å². The summed E-state index contributed by atoms with van der Waals surface area (Å²) in [6.45, 7) is 0.575. The van der Waals surface area contributed by atoms with Crippen molar-refractivity contribution in [1.29, 1.82) is 5.26 Å². The first-order valence-corrected chi connectivity index (χ1v) is 5.90. The van der Waals surface area contributed by atoms with Gasteiger partial charge in [-0.1, -0.05) is 0 Å². The average Bonchev–Trinajstić information content (AvgIpc) is 2.86. The predicted molar refractivity (Wildman–Crippen MR) is 67.5 cm³/mol. The van der Waals surface area contributed by atoms with E-state index >= 15 is 0 Å². The highest BCUT2D eigenvalue weighted by atomic mass is 16.3. The average molecular weight is 254 g/mol. The molecule has 3 rings (SSSR count). The zero-order valence-electron chi connectivity index (χ0n) is 10.00. The van der Waals surface area contributed by atoms with Crippen LogP contribution in [0, 0.1) is 11.3 Å². The molecule has 0 aromatic carbocycles. The molecular formula is C13H10N4O2. The normalized spacial score (nSPS) is 14.9. The van der Waals surface area contributed by atoms with Crippen molar-refractivity contribution in [3.63, 3.8) is 0 Å². The van der Waals surface area contributed by atoms with E-state index in [-0.39, 0.29) is 17.4 Å². The molecule has 0 saturated carbocycles. The molecule has 1 aliphatic rings. The van der Waals surface area contributed by atoms with Gasteiger partial charge in [-0.15, -0.1) is 0 Å². The van der Waals surface area contributed by atoms with E-state index in [1.807, 2.05) is 6.07 Å². The number of hydrogen-bond donors (Lipinski definition) is 1. The van der Waals surface area contributed by atoms with Crippen LogP contribution < -0.4 is 4.90 Å². The van der Waals surface area contributed by atoms with Crippen LogP contribution in [0.15, 0.2) is 18.3 Å². The smallest absolute Gasteiger partial charge is 0.228 e. The number of nitrogens with zero attached hydrogens (tertiary/aromatic N) is 4. The van der Waals surface area contributed by atoms with Gasteiger partial charge in [0.1, 0.15) is 17.4 Å². The third-order valence-electron chi connectivity index (χ3n) is 3.15. The Kier molecular flexibility index (Phi) is 2.53. The summed E-state index contributed by atoms with van der Waals surface area (Å²) in [4.78, 5) is 21.5. The molecule has 2 aromatic heterocycles. The van der Waals surface area contributed by atoms with Crippen LogP contribution in [-0.2, 0) is 4.79 Å². The lowest BCUT2D eigenvalue weighted by atomic mass is 10.2. The van der Waals surface area contributed by atoms with Gasteiger partial charge in [0.05, 0.1) is 0 Å². The summed E-state index contributed by atoms with van der Waals surface area (Å²) in [7, 11) is 0. The van der Waals surface area contributed by atoms with E-state index in [9.17, 15) is 9.90 Å². The number of carbonyl (C=O) groups is 1. The molecule has 19 heavy (non-hydrogen) atoms. The zero-order valence-corrected chi connectivity index (χ0v) is 10.00. The summed E-state index contributed by atoms with van der Waals surface area (Å²) in [6, 6.07) is 5.27. The molecule has 0 aliphatic carbocycles. The van der Waals surface area contributed by atoms with Gasteiger partial charge in [-0.2, -0.15) is 5.26 Å². The van der Waals surface area contributed by atoms with E-state index in [0.717, 1.165) is 6.42 Å². The monoisotopic (exact) mass is 254 g/mol. The van der Waals surface area contributed by atoms with Gasteiger partial charge in [0, 0.05) is 24.5 Å². The number of aromatic nitrogens is 2. The van der Waals surface area contributed by atoms with E-state index in [2.05, 4.69) is 9.97 Å². The summed E-state index contributed by atoms with van der Waals surface area (Å²) in [6.07, 6.45) is 2.77. The summed E-state index contributed by atoms with van der Waals surface area (Å²) in [5.41, 5.74) is 0.185. The number of nitriles is 1. The first-order valence-electron chi connectivity index (χ1n) is 5.90. The van der Waals surface area contributed by atoms with E-state index in [0.29, 0.717) is 29.7 Å². The van der Waals surface area contributed by atoms with Crippen molar-refractivity contribution in [2.45, 2.75) is 12.8 Å². The number of amides is 1. The van der Waals surface area contributed by atoms with Gasteiger partial charge in [0.2, 0.25) is 5.91 Å². The lowest BCUT2D eigenvalue weighted by molar-refractivity contribution is -0.117. The third-order valence-corrected chi connectivity index (χ3v) is 3.15. The highest BCUT2D eigenvalue weighted by Crippen LogP contribution is 2.33. The summed E-state index contributed by atoms with van der Waals surface area (Å²) < 4.78 is 0. The molecule has 3 heterocycles. The Morgan fingerprint density at radius 2 is 2.32 bits per heavy atom. The number of rotatable bonds is 1. The van der Waals surface area contributed by atoms with Crippen LogP contribution in [0.2, 0.25) is 0 Å². The molecule has 94 valence electrons. The summed E-state index contributed by atoms with van der Waals surface area (Å²) in [5, 5.41) is 19.5. The van der Waals surface area contributed by atoms with Crippen LogP contribution >= 0.6 is 0 Å². The second-order valence-electron chi connectivity index (χ2n) is 4.29.